The van der Waals surface area contributed by atoms with Crippen LogP contribution in [0.1, 0.15) is 6.42 Å². The smallest absolute Gasteiger partial charge is 0.266 e. The summed E-state index contributed by atoms with van der Waals surface area (Å²) in [6.07, 6.45) is 3.03. The minimum Gasteiger partial charge on any atom is -0.399 e. The number of aromatic nitrogens is 2. The Bertz CT molecular complexity index is 732. The van der Waals surface area contributed by atoms with Crippen LogP contribution in [0.15, 0.2) is 35.5 Å². The van der Waals surface area contributed by atoms with Gasteiger partial charge >= 0.3 is 0 Å². The van der Waals surface area contributed by atoms with Crippen molar-refractivity contribution in [2.24, 2.45) is 0 Å². The molecule has 2 rings (SSSR count). The molecule has 1 aromatic carbocycles. The number of nitrogens with zero attached hydrogens (tertiary/aromatic N) is 2. The van der Waals surface area contributed by atoms with Crippen molar-refractivity contribution >= 4 is 51.5 Å². The third-order valence-corrected chi connectivity index (χ3v) is 3.76. The minimum absolute atomic E-state index is 0.141. The number of rotatable bonds is 4. The largest absolute Gasteiger partial charge is 0.399 e. The molecular formula is C13H12ClIN4O2. The topological polar surface area (TPSA) is 90.0 Å². The summed E-state index contributed by atoms with van der Waals surface area (Å²) in [6.45, 7) is 0.251. The fourth-order valence-corrected chi connectivity index (χ4v) is 2.36. The van der Waals surface area contributed by atoms with Crippen LogP contribution in [0, 0.1) is 3.57 Å². The number of nitrogens with one attached hydrogen (secondary N) is 1. The molecule has 0 bridgehead atoms. The summed E-state index contributed by atoms with van der Waals surface area (Å²) in [5, 5.41) is 3.05. The first kappa shape index (κ1) is 15.8. The van der Waals surface area contributed by atoms with E-state index in [1.807, 2.05) is 22.6 Å². The highest BCUT2D eigenvalue weighted by Gasteiger charge is 2.08. The van der Waals surface area contributed by atoms with E-state index in [9.17, 15) is 9.59 Å². The molecule has 0 saturated heterocycles. The van der Waals surface area contributed by atoms with Crippen LogP contribution in [0.3, 0.4) is 0 Å². The van der Waals surface area contributed by atoms with E-state index >= 15 is 0 Å². The van der Waals surface area contributed by atoms with Gasteiger partial charge in [0.15, 0.2) is 0 Å². The number of aryl methyl sites for hydroxylation is 1. The number of carbonyl (C=O) groups is 1. The predicted molar refractivity (Wildman–Crippen MR) is 90.3 cm³/mol. The van der Waals surface area contributed by atoms with E-state index in [4.69, 9.17) is 17.3 Å². The van der Waals surface area contributed by atoms with Gasteiger partial charge in [0.2, 0.25) is 5.91 Å². The van der Waals surface area contributed by atoms with Gasteiger partial charge in [-0.15, -0.1) is 0 Å². The van der Waals surface area contributed by atoms with Gasteiger partial charge in [-0.25, -0.2) is 4.98 Å². The lowest BCUT2D eigenvalue weighted by Crippen LogP contribution is -2.25. The summed E-state index contributed by atoms with van der Waals surface area (Å²) in [5.74, 6) is -0.243. The van der Waals surface area contributed by atoms with Gasteiger partial charge in [-0.1, -0.05) is 11.6 Å². The third-order valence-electron chi connectivity index (χ3n) is 2.71. The molecule has 0 aliphatic heterocycles. The van der Waals surface area contributed by atoms with Crippen LogP contribution in [0.2, 0.25) is 5.02 Å². The fraction of sp³-hybridized carbons (Fsp3) is 0.154. The summed E-state index contributed by atoms with van der Waals surface area (Å²) in [5.41, 5.74) is 6.43. The second kappa shape index (κ2) is 6.90. The molecule has 8 heteroatoms. The first-order valence-corrected chi connectivity index (χ1v) is 7.48. The predicted octanol–water partition coefficient (Wildman–Crippen LogP) is 2.11. The molecule has 0 atom stereocenters. The van der Waals surface area contributed by atoms with E-state index in [1.165, 1.54) is 17.1 Å². The highest BCUT2D eigenvalue weighted by molar-refractivity contribution is 14.1. The first-order valence-electron chi connectivity index (χ1n) is 6.02. The molecule has 1 amide bonds. The Labute approximate surface area is 139 Å². The van der Waals surface area contributed by atoms with Gasteiger partial charge in [0.05, 0.1) is 20.6 Å². The molecule has 0 spiro atoms. The quantitative estimate of drug-likeness (QED) is 0.588. The van der Waals surface area contributed by atoms with Gasteiger partial charge < -0.3 is 11.1 Å². The number of nitrogen functional groups attached to an aromatic ring is 1. The van der Waals surface area contributed by atoms with E-state index < -0.39 is 0 Å². The molecule has 1 aromatic heterocycles. The van der Waals surface area contributed by atoms with Crippen LogP contribution in [-0.2, 0) is 11.3 Å². The number of benzene rings is 1. The molecule has 0 fully saturated rings. The van der Waals surface area contributed by atoms with Crippen LogP contribution >= 0.6 is 34.2 Å². The SMILES string of the molecule is Nc1ccc(NC(=O)CCn2cncc(I)c2=O)c(Cl)c1. The van der Waals surface area contributed by atoms with E-state index in [-0.39, 0.29) is 24.4 Å². The number of hydrogen-bond acceptors (Lipinski definition) is 4. The fourth-order valence-electron chi connectivity index (χ4n) is 1.65. The summed E-state index contributed by atoms with van der Waals surface area (Å²) >= 11 is 7.88. The highest BCUT2D eigenvalue weighted by Crippen LogP contribution is 2.24. The molecule has 0 aliphatic rings. The van der Waals surface area contributed by atoms with E-state index in [0.717, 1.165) is 0 Å². The molecule has 0 unspecified atom stereocenters. The van der Waals surface area contributed by atoms with Crippen LogP contribution in [-0.4, -0.2) is 15.5 Å². The monoisotopic (exact) mass is 418 g/mol. The summed E-state index contributed by atoms with van der Waals surface area (Å²) in [4.78, 5) is 27.6. The van der Waals surface area contributed by atoms with Crippen molar-refractivity contribution in [2.75, 3.05) is 11.1 Å². The van der Waals surface area contributed by atoms with Crippen molar-refractivity contribution in [1.29, 1.82) is 0 Å². The van der Waals surface area contributed by atoms with Crippen molar-refractivity contribution in [1.82, 2.24) is 9.55 Å². The van der Waals surface area contributed by atoms with Gasteiger partial charge in [-0.05, 0) is 40.8 Å². The van der Waals surface area contributed by atoms with Gasteiger partial charge in [-0.3, -0.25) is 14.2 Å². The Morgan fingerprint density at radius 2 is 2.24 bits per heavy atom. The summed E-state index contributed by atoms with van der Waals surface area (Å²) in [6, 6.07) is 4.84. The van der Waals surface area contributed by atoms with Crippen molar-refractivity contribution in [3.63, 3.8) is 0 Å². The van der Waals surface area contributed by atoms with Crippen molar-refractivity contribution in [3.05, 3.63) is 49.7 Å². The molecule has 3 N–H and O–H groups in total. The zero-order valence-electron chi connectivity index (χ0n) is 10.8. The van der Waals surface area contributed by atoms with Crippen LogP contribution in [0.5, 0.6) is 0 Å². The first-order chi connectivity index (χ1) is 9.97. The van der Waals surface area contributed by atoms with Gasteiger partial charge in [-0.2, -0.15) is 0 Å². The van der Waals surface area contributed by atoms with Crippen LogP contribution in [0.25, 0.3) is 0 Å². The lowest BCUT2D eigenvalue weighted by molar-refractivity contribution is -0.116. The summed E-state index contributed by atoms with van der Waals surface area (Å²) < 4.78 is 1.91. The lowest BCUT2D eigenvalue weighted by Gasteiger charge is -2.09. The standard InChI is InChI=1S/C13H12ClIN4O2/c14-9-5-8(16)1-2-11(9)18-12(20)3-4-19-7-17-6-10(15)13(19)21/h1-2,5-7H,3-4,16H2,(H,18,20). The maximum atomic E-state index is 11.9. The highest BCUT2D eigenvalue weighted by atomic mass is 127. The lowest BCUT2D eigenvalue weighted by atomic mass is 10.2. The van der Waals surface area contributed by atoms with E-state index in [1.54, 1.807) is 18.2 Å². The third kappa shape index (κ3) is 4.18. The summed E-state index contributed by atoms with van der Waals surface area (Å²) in [7, 11) is 0. The molecular weight excluding hydrogens is 407 g/mol. The normalized spacial score (nSPS) is 10.4. The molecule has 110 valence electrons. The molecule has 0 saturated carbocycles. The molecule has 1 heterocycles. The molecule has 0 radical (unpaired) electrons. The number of anilines is 2. The van der Waals surface area contributed by atoms with Gasteiger partial charge in [0.25, 0.3) is 5.56 Å². The molecule has 2 aromatic rings. The maximum absolute atomic E-state index is 11.9. The van der Waals surface area contributed by atoms with E-state index in [2.05, 4.69) is 10.3 Å². The Kier molecular flexibility index (Phi) is 5.18. The average molecular weight is 419 g/mol. The number of hydrogen-bond donors (Lipinski definition) is 2. The van der Waals surface area contributed by atoms with Gasteiger partial charge in [0.1, 0.15) is 0 Å². The number of nitrogens with two attached hydrogens (primary N) is 1. The van der Waals surface area contributed by atoms with Crippen LogP contribution < -0.4 is 16.6 Å². The second-order valence-corrected chi connectivity index (χ2v) is 5.85. The second-order valence-electron chi connectivity index (χ2n) is 4.28. The average Bonchev–Trinajstić information content (AvgIpc) is 2.43. The Morgan fingerprint density at radius 1 is 1.48 bits per heavy atom. The maximum Gasteiger partial charge on any atom is 0.266 e. The van der Waals surface area contributed by atoms with Gasteiger partial charge in [0, 0.05) is 24.8 Å². The Hall–Kier alpha value is -1.61. The zero-order valence-corrected chi connectivity index (χ0v) is 13.8. The minimum atomic E-state index is -0.243. The Balaban J connectivity index is 1.99. The number of carbonyl (C=O) groups excluding carboxylic acids is 1. The Morgan fingerprint density at radius 3 is 2.95 bits per heavy atom. The van der Waals surface area contributed by atoms with Crippen molar-refractivity contribution in [2.45, 2.75) is 13.0 Å². The molecule has 0 aliphatic carbocycles. The number of halogens is 2. The van der Waals surface area contributed by atoms with Crippen molar-refractivity contribution in [3.8, 4) is 0 Å². The van der Waals surface area contributed by atoms with Crippen molar-refractivity contribution < 1.29 is 4.79 Å². The molecule has 21 heavy (non-hydrogen) atoms. The molecule has 6 nitrogen and oxygen atoms in total. The zero-order chi connectivity index (χ0) is 15.4. The van der Waals surface area contributed by atoms with Crippen LogP contribution in [0.4, 0.5) is 11.4 Å². The van der Waals surface area contributed by atoms with E-state index in [0.29, 0.717) is 20.0 Å². The number of amides is 1.